The van der Waals surface area contributed by atoms with Gasteiger partial charge in [-0.3, -0.25) is 19.3 Å². The molecule has 3 amide bonds. The van der Waals surface area contributed by atoms with Crippen molar-refractivity contribution in [1.29, 1.82) is 0 Å². The molecule has 6 nitrogen and oxygen atoms in total. The van der Waals surface area contributed by atoms with Crippen molar-refractivity contribution in [2.75, 3.05) is 13.1 Å². The number of rotatable bonds is 2. The zero-order chi connectivity index (χ0) is 21.1. The molecule has 0 spiro atoms. The second kappa shape index (κ2) is 6.80. The van der Waals surface area contributed by atoms with Crippen molar-refractivity contribution in [3.63, 3.8) is 0 Å². The molecule has 0 saturated carbocycles. The minimum Gasteiger partial charge on any atom is -0.457 e. The van der Waals surface area contributed by atoms with Gasteiger partial charge in [-0.1, -0.05) is 48.6 Å². The molecule has 0 N–H and O–H groups in total. The van der Waals surface area contributed by atoms with Crippen molar-refractivity contribution >= 4 is 17.7 Å². The molecule has 2 fully saturated rings. The number of carbonyl (C=O) groups is 3. The van der Waals surface area contributed by atoms with E-state index in [4.69, 9.17) is 4.74 Å². The molecule has 3 heterocycles. The molecule has 1 aliphatic carbocycles. The van der Waals surface area contributed by atoms with E-state index in [-0.39, 0.29) is 35.6 Å². The molecule has 0 aromatic heterocycles. The maximum atomic E-state index is 13.6. The van der Waals surface area contributed by atoms with Crippen molar-refractivity contribution in [3.05, 3.63) is 71.8 Å². The lowest BCUT2D eigenvalue weighted by atomic mass is 9.85. The fourth-order valence-corrected chi connectivity index (χ4v) is 5.34. The number of allylic oxidation sites excluding steroid dienone is 2. The van der Waals surface area contributed by atoms with Crippen LogP contribution >= 0.6 is 0 Å². The molecule has 6 heteroatoms. The number of likely N-dealkylation sites (tertiary alicyclic amines) is 2. The molecule has 0 bridgehead atoms. The van der Waals surface area contributed by atoms with Crippen LogP contribution in [0.1, 0.15) is 29.9 Å². The van der Waals surface area contributed by atoms with Gasteiger partial charge < -0.3 is 9.64 Å². The third kappa shape index (κ3) is 2.67. The van der Waals surface area contributed by atoms with E-state index in [9.17, 15) is 14.4 Å². The second-order valence-electron chi connectivity index (χ2n) is 8.71. The number of amides is 3. The second-order valence-corrected chi connectivity index (χ2v) is 8.71. The van der Waals surface area contributed by atoms with Crippen LogP contribution in [0.4, 0.5) is 0 Å². The van der Waals surface area contributed by atoms with E-state index < -0.39 is 5.92 Å². The Kier molecular flexibility index (Phi) is 4.03. The quantitative estimate of drug-likeness (QED) is 0.560. The van der Waals surface area contributed by atoms with Gasteiger partial charge in [0, 0.05) is 24.2 Å². The Hall–Kier alpha value is -3.41. The summed E-state index contributed by atoms with van der Waals surface area (Å²) in [5.41, 5.74) is 1.69. The number of para-hydroxylation sites is 2. The molecule has 2 unspecified atom stereocenters. The standard InChI is InChI=1S/C25H22N2O4/c28-23-16-7-1-2-8-17(16)24(29)27(23)15-13-26(14-15)25(30)22-18-9-3-5-11-20(18)31-21-12-6-4-10-19(21)22/h1-6,9-12,15-17,22H,7-8,13-14H2. The number of nitrogens with zero attached hydrogens (tertiary/aromatic N) is 2. The van der Waals surface area contributed by atoms with Gasteiger partial charge in [0.05, 0.1) is 23.8 Å². The topological polar surface area (TPSA) is 66.9 Å². The summed E-state index contributed by atoms with van der Waals surface area (Å²) in [6.07, 6.45) is 5.26. The van der Waals surface area contributed by atoms with Gasteiger partial charge in [-0.05, 0) is 25.0 Å². The minimum atomic E-state index is -0.445. The highest BCUT2D eigenvalue weighted by Gasteiger charge is 2.53. The summed E-state index contributed by atoms with van der Waals surface area (Å²) in [4.78, 5) is 42.4. The van der Waals surface area contributed by atoms with Crippen LogP contribution < -0.4 is 4.74 Å². The average Bonchev–Trinajstić information content (AvgIpc) is 3.02. The van der Waals surface area contributed by atoms with Crippen LogP contribution in [0.3, 0.4) is 0 Å². The maximum absolute atomic E-state index is 13.6. The third-order valence-corrected chi connectivity index (χ3v) is 7.01. The number of hydrogen-bond acceptors (Lipinski definition) is 4. The number of fused-ring (bicyclic) bond motifs is 3. The summed E-state index contributed by atoms with van der Waals surface area (Å²) in [5, 5.41) is 0. The number of imide groups is 1. The molecule has 2 saturated heterocycles. The summed E-state index contributed by atoms with van der Waals surface area (Å²) in [7, 11) is 0. The number of ether oxygens (including phenoxy) is 1. The number of hydrogen-bond donors (Lipinski definition) is 0. The Balaban J connectivity index is 1.23. The van der Waals surface area contributed by atoms with Gasteiger partial charge in [0.1, 0.15) is 11.5 Å². The van der Waals surface area contributed by atoms with Crippen molar-refractivity contribution < 1.29 is 19.1 Å². The Morgan fingerprint density at radius 2 is 1.32 bits per heavy atom. The fraction of sp³-hybridized carbons (Fsp3) is 0.320. The summed E-state index contributed by atoms with van der Waals surface area (Å²) in [5.74, 6) is 0.331. The molecule has 0 radical (unpaired) electrons. The van der Waals surface area contributed by atoms with Crippen LogP contribution in [0.5, 0.6) is 11.5 Å². The van der Waals surface area contributed by atoms with Gasteiger partial charge >= 0.3 is 0 Å². The average molecular weight is 414 g/mol. The summed E-state index contributed by atoms with van der Waals surface area (Å²) in [6, 6.07) is 15.0. The molecule has 3 aliphatic heterocycles. The van der Waals surface area contributed by atoms with Crippen LogP contribution in [0, 0.1) is 11.8 Å². The first-order valence-electron chi connectivity index (χ1n) is 10.8. The van der Waals surface area contributed by atoms with Crippen LogP contribution in [0.2, 0.25) is 0 Å². The summed E-state index contributed by atoms with van der Waals surface area (Å²) >= 11 is 0. The highest BCUT2D eigenvalue weighted by Crippen LogP contribution is 2.45. The van der Waals surface area contributed by atoms with Crippen molar-refractivity contribution in [2.24, 2.45) is 11.8 Å². The molecule has 2 aromatic rings. The smallest absolute Gasteiger partial charge is 0.235 e. The van der Waals surface area contributed by atoms with E-state index in [2.05, 4.69) is 0 Å². The Bertz CT molecular complexity index is 1060. The minimum absolute atomic E-state index is 0.0161. The van der Waals surface area contributed by atoms with Gasteiger partial charge in [-0.15, -0.1) is 0 Å². The van der Waals surface area contributed by atoms with Crippen molar-refractivity contribution in [2.45, 2.75) is 24.8 Å². The van der Waals surface area contributed by atoms with Gasteiger partial charge in [-0.25, -0.2) is 0 Å². The molecule has 156 valence electrons. The molecule has 31 heavy (non-hydrogen) atoms. The van der Waals surface area contributed by atoms with Crippen LogP contribution in [-0.2, 0) is 14.4 Å². The Morgan fingerprint density at radius 3 is 1.87 bits per heavy atom. The van der Waals surface area contributed by atoms with Crippen molar-refractivity contribution in [3.8, 4) is 11.5 Å². The normalized spacial score (nSPS) is 24.9. The van der Waals surface area contributed by atoms with Crippen molar-refractivity contribution in [1.82, 2.24) is 9.80 Å². The first-order chi connectivity index (χ1) is 15.1. The molecule has 4 aliphatic rings. The monoisotopic (exact) mass is 414 g/mol. The van der Waals surface area contributed by atoms with Crippen LogP contribution in [-0.4, -0.2) is 46.7 Å². The van der Waals surface area contributed by atoms with Crippen LogP contribution in [0.15, 0.2) is 60.7 Å². The number of carbonyl (C=O) groups excluding carboxylic acids is 3. The van der Waals surface area contributed by atoms with Gasteiger partial charge in [0.2, 0.25) is 17.7 Å². The molecular weight excluding hydrogens is 392 g/mol. The predicted octanol–water partition coefficient (Wildman–Crippen LogP) is 3.09. The SMILES string of the molecule is O=C(C1c2ccccc2Oc2ccccc21)N1CC(N2C(=O)C3CC=CCC3C2=O)C1. The first-order valence-corrected chi connectivity index (χ1v) is 10.8. The van der Waals surface area contributed by atoms with E-state index in [1.54, 1.807) is 4.90 Å². The van der Waals surface area contributed by atoms with E-state index in [1.165, 1.54) is 4.90 Å². The van der Waals surface area contributed by atoms with E-state index in [0.717, 1.165) is 11.1 Å². The lowest BCUT2D eigenvalue weighted by molar-refractivity contribution is -0.153. The van der Waals surface area contributed by atoms with Gasteiger partial charge in [0.15, 0.2) is 0 Å². The number of benzene rings is 2. The highest BCUT2D eigenvalue weighted by atomic mass is 16.5. The zero-order valence-corrected chi connectivity index (χ0v) is 16.9. The molecule has 2 aromatic carbocycles. The van der Waals surface area contributed by atoms with E-state index >= 15 is 0 Å². The first kappa shape index (κ1) is 18.4. The third-order valence-electron chi connectivity index (χ3n) is 7.01. The Morgan fingerprint density at radius 1 is 0.806 bits per heavy atom. The lowest BCUT2D eigenvalue weighted by Crippen LogP contribution is -2.63. The van der Waals surface area contributed by atoms with E-state index in [0.29, 0.717) is 37.4 Å². The van der Waals surface area contributed by atoms with Crippen LogP contribution in [0.25, 0.3) is 0 Å². The highest BCUT2D eigenvalue weighted by molar-refractivity contribution is 6.06. The summed E-state index contributed by atoms with van der Waals surface area (Å²) < 4.78 is 6.00. The largest absolute Gasteiger partial charge is 0.457 e. The molecule has 6 rings (SSSR count). The van der Waals surface area contributed by atoms with E-state index in [1.807, 2.05) is 60.7 Å². The molecular formula is C25H22N2O4. The Labute approximate surface area is 180 Å². The van der Waals surface area contributed by atoms with Gasteiger partial charge in [-0.2, -0.15) is 0 Å². The maximum Gasteiger partial charge on any atom is 0.235 e. The van der Waals surface area contributed by atoms with Gasteiger partial charge in [0.25, 0.3) is 0 Å². The lowest BCUT2D eigenvalue weighted by Gasteiger charge is -2.45. The predicted molar refractivity (Wildman–Crippen MR) is 112 cm³/mol. The zero-order valence-electron chi connectivity index (χ0n) is 16.9. The summed E-state index contributed by atoms with van der Waals surface area (Å²) in [6.45, 7) is 0.787. The molecule has 2 atom stereocenters. The fourth-order valence-electron chi connectivity index (χ4n) is 5.34.